The Morgan fingerprint density at radius 2 is 2.21 bits per heavy atom. The molecule has 7 nitrogen and oxygen atoms in total. The highest BCUT2D eigenvalue weighted by Gasteiger charge is 2.34. The fourth-order valence-corrected chi connectivity index (χ4v) is 3.89. The first-order valence-electron chi connectivity index (χ1n) is 9.24. The van der Waals surface area contributed by atoms with E-state index in [1.807, 2.05) is 23.6 Å². The standard InChI is InChI=1S/C20H24N2O5S/c1-4-5-18-21-15(12-28-18)14-6-7-17-16(10-14)22(19(23)11-27-17)13(2)20(24)26-9-8-25-3/h6-7,10,12-13H,4-5,8-9,11H2,1-3H3. The van der Waals surface area contributed by atoms with Gasteiger partial charge in [-0.05, 0) is 38.0 Å². The van der Waals surface area contributed by atoms with Crippen LogP contribution >= 0.6 is 11.3 Å². The zero-order valence-corrected chi connectivity index (χ0v) is 17.1. The van der Waals surface area contributed by atoms with Crippen LogP contribution in [0.3, 0.4) is 0 Å². The van der Waals surface area contributed by atoms with Crippen LogP contribution in [-0.4, -0.2) is 49.8 Å². The van der Waals surface area contributed by atoms with Crippen LogP contribution in [0.15, 0.2) is 23.6 Å². The van der Waals surface area contributed by atoms with E-state index in [1.165, 1.54) is 12.0 Å². The van der Waals surface area contributed by atoms with E-state index in [1.54, 1.807) is 18.3 Å². The summed E-state index contributed by atoms with van der Waals surface area (Å²) in [7, 11) is 1.53. The average Bonchev–Trinajstić information content (AvgIpc) is 3.16. The Morgan fingerprint density at radius 3 is 2.96 bits per heavy atom. The molecule has 0 saturated carbocycles. The van der Waals surface area contributed by atoms with Gasteiger partial charge in [0.05, 0.1) is 23.0 Å². The summed E-state index contributed by atoms with van der Waals surface area (Å²) in [6.45, 7) is 4.11. The average molecular weight is 404 g/mol. The molecule has 0 spiro atoms. The van der Waals surface area contributed by atoms with Crippen LogP contribution in [0.1, 0.15) is 25.3 Å². The molecule has 0 bridgehead atoms. The van der Waals surface area contributed by atoms with Gasteiger partial charge in [-0.25, -0.2) is 9.78 Å². The van der Waals surface area contributed by atoms with Crippen molar-refractivity contribution in [3.05, 3.63) is 28.6 Å². The second-order valence-electron chi connectivity index (χ2n) is 6.45. The maximum atomic E-state index is 12.5. The molecule has 3 rings (SSSR count). The van der Waals surface area contributed by atoms with E-state index in [0.29, 0.717) is 18.0 Å². The van der Waals surface area contributed by atoms with E-state index in [0.717, 1.165) is 29.1 Å². The van der Waals surface area contributed by atoms with E-state index in [-0.39, 0.29) is 19.1 Å². The molecule has 28 heavy (non-hydrogen) atoms. The number of aryl methyl sites for hydroxylation is 1. The summed E-state index contributed by atoms with van der Waals surface area (Å²) in [5, 5.41) is 3.08. The molecule has 1 unspecified atom stereocenters. The van der Waals surface area contributed by atoms with Crippen LogP contribution in [0.2, 0.25) is 0 Å². The Labute approximate surface area is 168 Å². The first kappa shape index (κ1) is 20.3. The van der Waals surface area contributed by atoms with E-state index >= 15 is 0 Å². The summed E-state index contributed by atoms with van der Waals surface area (Å²) in [5.41, 5.74) is 2.28. The number of methoxy groups -OCH3 is 1. The largest absolute Gasteiger partial charge is 0.482 e. The van der Waals surface area contributed by atoms with Gasteiger partial charge in [-0.1, -0.05) is 6.92 Å². The molecular formula is C20H24N2O5S. The molecule has 0 N–H and O–H groups in total. The normalized spacial score (nSPS) is 14.4. The van der Waals surface area contributed by atoms with Gasteiger partial charge in [-0.2, -0.15) is 0 Å². The Bertz CT molecular complexity index is 851. The van der Waals surface area contributed by atoms with Crippen molar-refractivity contribution >= 4 is 28.9 Å². The summed E-state index contributed by atoms with van der Waals surface area (Å²) in [4.78, 5) is 31.0. The minimum Gasteiger partial charge on any atom is -0.482 e. The highest BCUT2D eigenvalue weighted by atomic mass is 32.1. The second kappa shape index (κ2) is 9.16. The van der Waals surface area contributed by atoms with Crippen LogP contribution < -0.4 is 9.64 Å². The van der Waals surface area contributed by atoms with Gasteiger partial charge in [0, 0.05) is 18.1 Å². The number of thiazole rings is 1. The van der Waals surface area contributed by atoms with Crippen molar-refractivity contribution in [2.75, 3.05) is 31.8 Å². The molecule has 1 aliphatic heterocycles. The second-order valence-corrected chi connectivity index (χ2v) is 7.39. The van der Waals surface area contributed by atoms with Gasteiger partial charge in [0.1, 0.15) is 18.4 Å². The van der Waals surface area contributed by atoms with Crippen molar-refractivity contribution in [2.24, 2.45) is 0 Å². The van der Waals surface area contributed by atoms with Crippen molar-refractivity contribution in [1.29, 1.82) is 0 Å². The fourth-order valence-electron chi connectivity index (χ4n) is 2.98. The summed E-state index contributed by atoms with van der Waals surface area (Å²) in [6, 6.07) is 4.80. The number of nitrogens with zero attached hydrogens (tertiary/aromatic N) is 2. The van der Waals surface area contributed by atoms with Gasteiger partial charge in [0.2, 0.25) is 0 Å². The van der Waals surface area contributed by atoms with E-state index in [2.05, 4.69) is 11.9 Å². The van der Waals surface area contributed by atoms with Crippen molar-refractivity contribution < 1.29 is 23.8 Å². The van der Waals surface area contributed by atoms with E-state index in [4.69, 9.17) is 14.2 Å². The summed E-state index contributed by atoms with van der Waals surface area (Å²) in [5.74, 6) is -0.211. The molecule has 0 saturated heterocycles. The van der Waals surface area contributed by atoms with Gasteiger partial charge in [-0.3, -0.25) is 9.69 Å². The molecule has 1 aromatic heterocycles. The molecule has 150 valence electrons. The zero-order chi connectivity index (χ0) is 20.1. The van der Waals surface area contributed by atoms with Gasteiger partial charge >= 0.3 is 5.97 Å². The Hall–Kier alpha value is -2.45. The lowest BCUT2D eigenvalue weighted by Gasteiger charge is -2.33. The van der Waals surface area contributed by atoms with Crippen molar-refractivity contribution in [1.82, 2.24) is 4.98 Å². The van der Waals surface area contributed by atoms with Gasteiger partial charge in [0.15, 0.2) is 6.61 Å². The van der Waals surface area contributed by atoms with Gasteiger partial charge in [-0.15, -0.1) is 11.3 Å². The number of benzene rings is 1. The van der Waals surface area contributed by atoms with E-state index in [9.17, 15) is 9.59 Å². The third-order valence-corrected chi connectivity index (χ3v) is 5.32. The Morgan fingerprint density at radius 1 is 1.39 bits per heavy atom. The number of fused-ring (bicyclic) bond motifs is 1. The lowest BCUT2D eigenvalue weighted by atomic mass is 10.1. The Kier molecular flexibility index (Phi) is 6.64. The van der Waals surface area contributed by atoms with Crippen LogP contribution in [0, 0.1) is 0 Å². The minimum absolute atomic E-state index is 0.112. The fraction of sp³-hybridized carbons (Fsp3) is 0.450. The maximum Gasteiger partial charge on any atom is 0.329 e. The first-order valence-corrected chi connectivity index (χ1v) is 10.1. The lowest BCUT2D eigenvalue weighted by Crippen LogP contribution is -2.48. The predicted octanol–water partition coefficient (Wildman–Crippen LogP) is 3.07. The number of aromatic nitrogens is 1. The number of hydrogen-bond acceptors (Lipinski definition) is 7. The number of carbonyl (C=O) groups is 2. The summed E-state index contributed by atoms with van der Waals surface area (Å²) >= 11 is 1.62. The molecule has 0 aliphatic carbocycles. The van der Waals surface area contributed by atoms with Gasteiger partial charge < -0.3 is 14.2 Å². The number of anilines is 1. The maximum absolute atomic E-state index is 12.5. The number of carbonyl (C=O) groups excluding carboxylic acids is 2. The first-order chi connectivity index (χ1) is 13.5. The molecule has 1 aliphatic rings. The van der Waals surface area contributed by atoms with Crippen molar-refractivity contribution in [3.8, 4) is 17.0 Å². The minimum atomic E-state index is -0.770. The molecule has 2 heterocycles. The van der Waals surface area contributed by atoms with Crippen LogP contribution in [0.25, 0.3) is 11.3 Å². The molecule has 2 aromatic rings. The number of hydrogen-bond donors (Lipinski definition) is 0. The topological polar surface area (TPSA) is 78.0 Å². The molecule has 1 atom stereocenters. The Balaban J connectivity index is 1.88. The van der Waals surface area contributed by atoms with Crippen LogP contribution in [0.4, 0.5) is 5.69 Å². The monoisotopic (exact) mass is 404 g/mol. The number of esters is 1. The lowest BCUT2D eigenvalue weighted by molar-refractivity contribution is -0.147. The highest BCUT2D eigenvalue weighted by molar-refractivity contribution is 7.09. The number of amides is 1. The smallest absolute Gasteiger partial charge is 0.329 e. The molecule has 1 amide bonds. The van der Waals surface area contributed by atoms with Crippen molar-refractivity contribution in [3.63, 3.8) is 0 Å². The molecule has 0 fully saturated rings. The van der Waals surface area contributed by atoms with Crippen molar-refractivity contribution in [2.45, 2.75) is 32.7 Å². The third-order valence-electron chi connectivity index (χ3n) is 4.41. The number of ether oxygens (including phenoxy) is 3. The summed E-state index contributed by atoms with van der Waals surface area (Å²) < 4.78 is 15.6. The third kappa shape index (κ3) is 4.34. The van der Waals surface area contributed by atoms with Crippen LogP contribution in [0.5, 0.6) is 5.75 Å². The molecule has 0 radical (unpaired) electrons. The zero-order valence-electron chi connectivity index (χ0n) is 16.3. The van der Waals surface area contributed by atoms with Gasteiger partial charge in [0.25, 0.3) is 5.91 Å². The quantitative estimate of drug-likeness (QED) is 0.497. The molecule has 8 heteroatoms. The SMILES string of the molecule is CCCc1nc(-c2ccc3c(c2)N(C(C)C(=O)OCCOC)C(=O)CO3)cs1. The predicted molar refractivity (Wildman–Crippen MR) is 107 cm³/mol. The van der Waals surface area contributed by atoms with Crippen LogP contribution in [-0.2, 0) is 25.5 Å². The highest BCUT2D eigenvalue weighted by Crippen LogP contribution is 2.37. The molecule has 1 aromatic carbocycles. The van der Waals surface area contributed by atoms with E-state index < -0.39 is 12.0 Å². The molecular weight excluding hydrogens is 380 g/mol. The summed E-state index contributed by atoms with van der Waals surface area (Å²) in [6.07, 6.45) is 1.98. The number of rotatable bonds is 8.